The van der Waals surface area contributed by atoms with Crippen LogP contribution in [-0.2, 0) is 0 Å². The summed E-state index contributed by atoms with van der Waals surface area (Å²) >= 11 is 0. The molecule has 0 fully saturated rings. The average Bonchev–Trinajstić information content (AvgIpc) is 3.02. The molecule has 0 saturated carbocycles. The minimum Gasteiger partial charge on any atom is -0.421 e. The molecule has 3 aromatic heterocycles. The second-order valence-corrected chi connectivity index (χ2v) is 5.71. The first-order chi connectivity index (χ1) is 11.8. The van der Waals surface area contributed by atoms with Crippen LogP contribution in [0.4, 0.5) is 0 Å². The lowest BCUT2D eigenvalue weighted by molar-refractivity contribution is 0.567. The average molecular weight is 312 g/mol. The minimum atomic E-state index is -0.374. The van der Waals surface area contributed by atoms with Crippen LogP contribution >= 0.6 is 0 Å². The first kappa shape index (κ1) is 13.1. The summed E-state index contributed by atoms with van der Waals surface area (Å²) in [5.41, 5.74) is 4.17. The molecule has 2 aromatic carbocycles. The van der Waals surface area contributed by atoms with Crippen LogP contribution in [-0.4, -0.2) is 9.38 Å². The second kappa shape index (κ2) is 4.80. The zero-order valence-electron chi connectivity index (χ0n) is 12.6. The van der Waals surface area contributed by atoms with Gasteiger partial charge in [-0.1, -0.05) is 42.5 Å². The number of fused-ring (bicyclic) bond motifs is 5. The van der Waals surface area contributed by atoms with E-state index in [-0.39, 0.29) is 5.63 Å². The summed E-state index contributed by atoms with van der Waals surface area (Å²) in [6, 6.07) is 21.5. The van der Waals surface area contributed by atoms with E-state index in [1.54, 1.807) is 6.07 Å². The maximum absolute atomic E-state index is 12.5. The maximum atomic E-state index is 12.5. The van der Waals surface area contributed by atoms with Crippen molar-refractivity contribution in [2.75, 3.05) is 0 Å². The fourth-order valence-corrected chi connectivity index (χ4v) is 3.13. The predicted octanol–water partition coefficient (Wildman–Crippen LogP) is 4.26. The van der Waals surface area contributed by atoms with Gasteiger partial charge in [0, 0.05) is 11.6 Å². The van der Waals surface area contributed by atoms with Gasteiger partial charge in [-0.15, -0.1) is 0 Å². The zero-order valence-corrected chi connectivity index (χ0v) is 12.6. The Morgan fingerprint density at radius 3 is 2.50 bits per heavy atom. The van der Waals surface area contributed by atoms with Crippen molar-refractivity contribution in [1.82, 2.24) is 9.38 Å². The maximum Gasteiger partial charge on any atom is 0.363 e. The number of pyridine rings is 1. The molecule has 0 radical (unpaired) electrons. The zero-order chi connectivity index (χ0) is 16.1. The normalized spacial score (nSPS) is 11.5. The van der Waals surface area contributed by atoms with Crippen LogP contribution < -0.4 is 5.63 Å². The van der Waals surface area contributed by atoms with Gasteiger partial charge in [-0.3, -0.25) is 4.40 Å². The van der Waals surface area contributed by atoms with Crippen molar-refractivity contribution < 1.29 is 4.42 Å². The van der Waals surface area contributed by atoms with Gasteiger partial charge in [0.1, 0.15) is 16.7 Å². The molecule has 0 unspecified atom stereocenters. The Morgan fingerprint density at radius 2 is 1.62 bits per heavy atom. The molecule has 0 bridgehead atoms. The van der Waals surface area contributed by atoms with Crippen LogP contribution in [0, 0.1) is 0 Å². The molecule has 114 valence electrons. The van der Waals surface area contributed by atoms with Crippen molar-refractivity contribution in [2.45, 2.75) is 0 Å². The second-order valence-electron chi connectivity index (χ2n) is 5.71. The van der Waals surface area contributed by atoms with Crippen molar-refractivity contribution in [2.24, 2.45) is 0 Å². The highest BCUT2D eigenvalue weighted by Crippen LogP contribution is 2.26. The van der Waals surface area contributed by atoms with E-state index in [0.29, 0.717) is 16.6 Å². The highest BCUT2D eigenvalue weighted by molar-refractivity contribution is 6.02. The monoisotopic (exact) mass is 312 g/mol. The fraction of sp³-hybridized carbons (Fsp3) is 0. The van der Waals surface area contributed by atoms with Crippen LogP contribution in [0.15, 0.2) is 82.1 Å². The summed E-state index contributed by atoms with van der Waals surface area (Å²) in [6.07, 6.45) is 1.94. The lowest BCUT2D eigenvalue weighted by Crippen LogP contribution is -2.02. The summed E-state index contributed by atoms with van der Waals surface area (Å²) in [5.74, 6) is 0. The minimum absolute atomic E-state index is 0.374. The Labute approximate surface area is 136 Å². The van der Waals surface area contributed by atoms with Gasteiger partial charge < -0.3 is 4.42 Å². The first-order valence-corrected chi connectivity index (χ1v) is 7.70. The van der Waals surface area contributed by atoms with Crippen LogP contribution in [0.1, 0.15) is 0 Å². The van der Waals surface area contributed by atoms with E-state index in [2.05, 4.69) is 4.98 Å². The summed E-state index contributed by atoms with van der Waals surface area (Å²) in [6.45, 7) is 0. The molecule has 24 heavy (non-hydrogen) atoms. The van der Waals surface area contributed by atoms with Crippen molar-refractivity contribution in [3.63, 3.8) is 0 Å². The van der Waals surface area contributed by atoms with E-state index < -0.39 is 0 Å². The number of hydrogen-bond donors (Lipinski definition) is 0. The number of rotatable bonds is 1. The lowest BCUT2D eigenvalue weighted by atomic mass is 10.1. The predicted molar refractivity (Wildman–Crippen MR) is 94.2 cm³/mol. The van der Waals surface area contributed by atoms with Gasteiger partial charge in [0.15, 0.2) is 5.52 Å². The van der Waals surface area contributed by atoms with Gasteiger partial charge in [-0.2, -0.15) is 0 Å². The molecule has 0 saturated heterocycles. The quantitative estimate of drug-likeness (QED) is 0.434. The third kappa shape index (κ3) is 1.80. The molecule has 3 heterocycles. The van der Waals surface area contributed by atoms with Gasteiger partial charge in [0.25, 0.3) is 0 Å². The molecule has 5 aromatic rings. The summed E-state index contributed by atoms with van der Waals surface area (Å²) in [4.78, 5) is 17.1. The summed E-state index contributed by atoms with van der Waals surface area (Å²) < 4.78 is 7.29. The van der Waals surface area contributed by atoms with E-state index in [1.807, 2.05) is 71.3 Å². The Balaban J connectivity index is 1.92. The Kier molecular flexibility index (Phi) is 2.61. The van der Waals surface area contributed by atoms with Gasteiger partial charge in [0.2, 0.25) is 0 Å². The van der Waals surface area contributed by atoms with Crippen LogP contribution in [0.25, 0.3) is 38.8 Å². The van der Waals surface area contributed by atoms with E-state index in [1.165, 1.54) is 0 Å². The Morgan fingerprint density at radius 1 is 0.833 bits per heavy atom. The highest BCUT2D eigenvalue weighted by atomic mass is 16.4. The number of imidazole rings is 1. The summed E-state index contributed by atoms with van der Waals surface area (Å²) in [5, 5.41) is 0.845. The third-order valence-corrected chi connectivity index (χ3v) is 4.26. The molecular weight excluding hydrogens is 300 g/mol. The molecule has 0 aliphatic heterocycles. The summed E-state index contributed by atoms with van der Waals surface area (Å²) in [7, 11) is 0. The lowest BCUT2D eigenvalue weighted by Gasteiger charge is -2.03. The number of benzene rings is 2. The SMILES string of the molecule is O=c1oc2ccccc2c2nc3ccc(-c4ccccc4)cn3c12. The van der Waals surface area contributed by atoms with Gasteiger partial charge in [-0.05, 0) is 35.4 Å². The molecule has 0 amide bonds. The molecular formula is C20H12N2O2. The molecule has 4 nitrogen and oxygen atoms in total. The number of nitrogens with zero attached hydrogens (tertiary/aromatic N) is 2. The van der Waals surface area contributed by atoms with E-state index >= 15 is 0 Å². The molecule has 5 rings (SSSR count). The van der Waals surface area contributed by atoms with Crippen LogP contribution in [0.2, 0.25) is 0 Å². The van der Waals surface area contributed by atoms with Gasteiger partial charge in [-0.25, -0.2) is 9.78 Å². The standard InChI is InChI=1S/C20H12N2O2/c23-20-19-18(15-8-4-5-9-16(15)24-20)21-17-11-10-14(12-22(17)19)13-6-2-1-3-7-13/h1-12H. The Hall–Kier alpha value is -3.40. The molecule has 0 aliphatic carbocycles. The first-order valence-electron chi connectivity index (χ1n) is 7.70. The van der Waals surface area contributed by atoms with Crippen molar-refractivity contribution in [3.8, 4) is 11.1 Å². The molecule has 0 N–H and O–H groups in total. The van der Waals surface area contributed by atoms with E-state index in [4.69, 9.17) is 4.42 Å². The van der Waals surface area contributed by atoms with Crippen molar-refractivity contribution in [1.29, 1.82) is 0 Å². The molecule has 0 aliphatic rings. The van der Waals surface area contributed by atoms with Crippen LogP contribution in [0.5, 0.6) is 0 Å². The van der Waals surface area contributed by atoms with Gasteiger partial charge in [0.05, 0.1) is 0 Å². The molecule has 4 heteroatoms. The number of aromatic nitrogens is 2. The van der Waals surface area contributed by atoms with Crippen molar-refractivity contribution >= 4 is 27.6 Å². The van der Waals surface area contributed by atoms with E-state index in [9.17, 15) is 4.79 Å². The largest absolute Gasteiger partial charge is 0.421 e. The fourth-order valence-electron chi connectivity index (χ4n) is 3.13. The number of para-hydroxylation sites is 1. The molecule has 0 atom stereocenters. The highest BCUT2D eigenvalue weighted by Gasteiger charge is 2.14. The van der Waals surface area contributed by atoms with E-state index in [0.717, 1.165) is 22.2 Å². The smallest absolute Gasteiger partial charge is 0.363 e. The third-order valence-electron chi connectivity index (χ3n) is 4.26. The van der Waals surface area contributed by atoms with Gasteiger partial charge >= 0.3 is 5.63 Å². The van der Waals surface area contributed by atoms with Crippen molar-refractivity contribution in [3.05, 3.63) is 83.3 Å². The molecule has 0 spiro atoms. The number of hydrogen-bond acceptors (Lipinski definition) is 3. The topological polar surface area (TPSA) is 47.5 Å². The Bertz CT molecular complexity index is 1270. The van der Waals surface area contributed by atoms with Crippen LogP contribution in [0.3, 0.4) is 0 Å².